The lowest BCUT2D eigenvalue weighted by molar-refractivity contribution is 0.506. The predicted octanol–water partition coefficient (Wildman–Crippen LogP) is 4.05. The zero-order valence-corrected chi connectivity index (χ0v) is 12.5. The Labute approximate surface area is 129 Å². The van der Waals surface area contributed by atoms with Gasteiger partial charge in [0.25, 0.3) is 5.56 Å². The van der Waals surface area contributed by atoms with E-state index >= 15 is 0 Å². The molecule has 2 aromatic carbocycles. The molecule has 0 aliphatic heterocycles. The molecule has 0 fully saturated rings. The number of para-hydroxylation sites is 1. The SMILES string of the molecule is CC(Sc1ccc(F)c(F)c1)c1nc2ccccc2c(=O)[nH]1. The number of rotatable bonds is 3. The second-order valence-corrected chi connectivity index (χ2v) is 6.22. The van der Waals surface area contributed by atoms with Crippen molar-refractivity contribution in [3.63, 3.8) is 0 Å². The van der Waals surface area contributed by atoms with Gasteiger partial charge in [0.2, 0.25) is 0 Å². The number of fused-ring (bicyclic) bond motifs is 1. The second kappa shape index (κ2) is 5.88. The van der Waals surface area contributed by atoms with Crippen LogP contribution in [0.3, 0.4) is 0 Å². The average Bonchev–Trinajstić information content (AvgIpc) is 2.51. The molecule has 0 amide bonds. The Morgan fingerprint density at radius 3 is 2.68 bits per heavy atom. The van der Waals surface area contributed by atoms with Crippen LogP contribution in [0.15, 0.2) is 52.2 Å². The molecule has 0 spiro atoms. The Morgan fingerprint density at radius 2 is 1.91 bits per heavy atom. The van der Waals surface area contributed by atoms with Gasteiger partial charge in [0.15, 0.2) is 11.6 Å². The van der Waals surface area contributed by atoms with Crippen LogP contribution in [0.1, 0.15) is 18.0 Å². The zero-order chi connectivity index (χ0) is 15.7. The van der Waals surface area contributed by atoms with Gasteiger partial charge in [-0.3, -0.25) is 4.79 Å². The summed E-state index contributed by atoms with van der Waals surface area (Å²) in [7, 11) is 0. The summed E-state index contributed by atoms with van der Waals surface area (Å²) in [5, 5.41) is 0.318. The first-order valence-corrected chi connectivity index (χ1v) is 7.53. The summed E-state index contributed by atoms with van der Waals surface area (Å²) in [4.78, 5) is 19.8. The van der Waals surface area contributed by atoms with Crippen molar-refractivity contribution in [1.82, 2.24) is 9.97 Å². The van der Waals surface area contributed by atoms with Crippen molar-refractivity contribution in [3.05, 3.63) is 70.3 Å². The van der Waals surface area contributed by atoms with Crippen LogP contribution < -0.4 is 5.56 Å². The summed E-state index contributed by atoms with van der Waals surface area (Å²) >= 11 is 1.30. The van der Waals surface area contributed by atoms with E-state index in [-0.39, 0.29) is 10.8 Å². The van der Waals surface area contributed by atoms with Crippen LogP contribution in [0.5, 0.6) is 0 Å². The molecule has 1 N–H and O–H groups in total. The summed E-state index contributed by atoms with van der Waals surface area (Å²) < 4.78 is 26.2. The quantitative estimate of drug-likeness (QED) is 0.741. The maximum Gasteiger partial charge on any atom is 0.258 e. The largest absolute Gasteiger partial charge is 0.309 e. The molecule has 0 radical (unpaired) electrons. The number of nitrogens with zero attached hydrogens (tertiary/aromatic N) is 1. The van der Waals surface area contributed by atoms with Gasteiger partial charge in [0.05, 0.1) is 16.2 Å². The lowest BCUT2D eigenvalue weighted by atomic mass is 10.2. The van der Waals surface area contributed by atoms with E-state index in [0.29, 0.717) is 21.6 Å². The molecule has 0 bridgehead atoms. The summed E-state index contributed by atoms with van der Waals surface area (Å²) in [6.07, 6.45) is 0. The number of aromatic nitrogens is 2. The minimum absolute atomic E-state index is 0.206. The van der Waals surface area contributed by atoms with Crippen LogP contribution in [-0.4, -0.2) is 9.97 Å². The molecular formula is C16H12F2N2OS. The number of aromatic amines is 1. The van der Waals surface area contributed by atoms with Crippen molar-refractivity contribution in [2.75, 3.05) is 0 Å². The van der Waals surface area contributed by atoms with Gasteiger partial charge in [0, 0.05) is 4.90 Å². The maximum atomic E-state index is 13.2. The molecule has 1 unspecified atom stereocenters. The van der Waals surface area contributed by atoms with Gasteiger partial charge in [-0.2, -0.15) is 0 Å². The minimum Gasteiger partial charge on any atom is -0.309 e. The van der Waals surface area contributed by atoms with Crippen molar-refractivity contribution in [2.24, 2.45) is 0 Å². The molecule has 0 aliphatic rings. The first kappa shape index (κ1) is 14.7. The molecule has 0 saturated carbocycles. The van der Waals surface area contributed by atoms with Crippen molar-refractivity contribution < 1.29 is 8.78 Å². The van der Waals surface area contributed by atoms with Crippen LogP contribution in [0.25, 0.3) is 10.9 Å². The van der Waals surface area contributed by atoms with E-state index in [1.54, 1.807) is 18.2 Å². The van der Waals surface area contributed by atoms with Gasteiger partial charge < -0.3 is 4.98 Å². The smallest absolute Gasteiger partial charge is 0.258 e. The third kappa shape index (κ3) is 2.87. The van der Waals surface area contributed by atoms with Crippen LogP contribution >= 0.6 is 11.8 Å². The highest BCUT2D eigenvalue weighted by atomic mass is 32.2. The third-order valence-electron chi connectivity index (χ3n) is 3.22. The molecule has 0 aliphatic carbocycles. The van der Waals surface area contributed by atoms with Crippen LogP contribution in [0.4, 0.5) is 8.78 Å². The molecular weight excluding hydrogens is 306 g/mol. The Morgan fingerprint density at radius 1 is 1.14 bits per heavy atom. The fraction of sp³-hybridized carbons (Fsp3) is 0.125. The van der Waals surface area contributed by atoms with Gasteiger partial charge in [-0.15, -0.1) is 11.8 Å². The molecule has 3 rings (SSSR count). The first-order chi connectivity index (χ1) is 10.5. The molecule has 3 nitrogen and oxygen atoms in total. The standard InChI is InChI=1S/C16H12F2N2OS/c1-9(22-10-6-7-12(17)13(18)8-10)15-19-14-5-3-2-4-11(14)16(21)20-15/h2-9H,1H3,(H,19,20,21). The van der Waals surface area contributed by atoms with Crippen molar-refractivity contribution in [3.8, 4) is 0 Å². The summed E-state index contributed by atoms with van der Waals surface area (Å²) in [5.41, 5.74) is 0.400. The summed E-state index contributed by atoms with van der Waals surface area (Å²) in [5.74, 6) is -1.27. The van der Waals surface area contributed by atoms with E-state index in [4.69, 9.17) is 0 Å². The lowest BCUT2D eigenvalue weighted by Crippen LogP contribution is -2.12. The lowest BCUT2D eigenvalue weighted by Gasteiger charge is -2.11. The highest BCUT2D eigenvalue weighted by Crippen LogP contribution is 2.33. The van der Waals surface area contributed by atoms with Gasteiger partial charge in [-0.05, 0) is 37.3 Å². The predicted molar refractivity (Wildman–Crippen MR) is 83.0 cm³/mol. The Bertz CT molecular complexity index is 895. The number of halogens is 2. The molecule has 1 atom stereocenters. The number of nitrogens with one attached hydrogen (secondary N) is 1. The normalized spacial score (nSPS) is 12.5. The highest BCUT2D eigenvalue weighted by Gasteiger charge is 2.13. The van der Waals surface area contributed by atoms with E-state index in [9.17, 15) is 13.6 Å². The topological polar surface area (TPSA) is 45.8 Å². The summed E-state index contributed by atoms with van der Waals surface area (Å²) in [6.45, 7) is 1.85. The monoisotopic (exact) mass is 318 g/mol. The fourth-order valence-corrected chi connectivity index (χ4v) is 3.06. The van der Waals surface area contributed by atoms with Gasteiger partial charge in [-0.1, -0.05) is 12.1 Å². The molecule has 1 aromatic heterocycles. The molecule has 0 saturated heterocycles. The van der Waals surface area contributed by atoms with E-state index < -0.39 is 11.6 Å². The van der Waals surface area contributed by atoms with E-state index in [1.807, 2.05) is 13.0 Å². The molecule has 3 aromatic rings. The highest BCUT2D eigenvalue weighted by molar-refractivity contribution is 7.99. The summed E-state index contributed by atoms with van der Waals surface area (Å²) in [6, 6.07) is 10.8. The Kier molecular flexibility index (Phi) is 3.94. The number of hydrogen-bond acceptors (Lipinski definition) is 3. The van der Waals surface area contributed by atoms with E-state index in [1.165, 1.54) is 17.8 Å². The average molecular weight is 318 g/mol. The van der Waals surface area contributed by atoms with Crippen LogP contribution in [-0.2, 0) is 0 Å². The van der Waals surface area contributed by atoms with Crippen LogP contribution in [0.2, 0.25) is 0 Å². The minimum atomic E-state index is -0.892. The van der Waals surface area contributed by atoms with Gasteiger partial charge >= 0.3 is 0 Å². The zero-order valence-electron chi connectivity index (χ0n) is 11.6. The number of hydrogen-bond donors (Lipinski definition) is 1. The third-order valence-corrected chi connectivity index (χ3v) is 4.32. The fourth-order valence-electron chi connectivity index (χ4n) is 2.11. The van der Waals surface area contributed by atoms with Crippen LogP contribution in [0, 0.1) is 11.6 Å². The van der Waals surface area contributed by atoms with Crippen molar-refractivity contribution >= 4 is 22.7 Å². The molecule has 1 heterocycles. The Balaban J connectivity index is 1.93. The first-order valence-electron chi connectivity index (χ1n) is 6.65. The van der Waals surface area contributed by atoms with E-state index in [2.05, 4.69) is 9.97 Å². The molecule has 22 heavy (non-hydrogen) atoms. The van der Waals surface area contributed by atoms with Crippen molar-refractivity contribution in [2.45, 2.75) is 17.1 Å². The Hall–Kier alpha value is -2.21. The number of H-pyrrole nitrogens is 1. The molecule has 6 heteroatoms. The molecule has 112 valence electrons. The van der Waals surface area contributed by atoms with E-state index in [0.717, 1.165) is 12.1 Å². The van der Waals surface area contributed by atoms with Crippen molar-refractivity contribution in [1.29, 1.82) is 0 Å². The second-order valence-electron chi connectivity index (χ2n) is 4.80. The maximum absolute atomic E-state index is 13.2. The van der Waals surface area contributed by atoms with Gasteiger partial charge in [0.1, 0.15) is 5.82 Å². The number of benzene rings is 2. The number of thioether (sulfide) groups is 1. The van der Waals surface area contributed by atoms with Gasteiger partial charge in [-0.25, -0.2) is 13.8 Å².